The molecule has 1 heterocycles. The molecule has 142 valence electrons. The van der Waals surface area contributed by atoms with Crippen molar-refractivity contribution in [2.75, 3.05) is 13.6 Å². The van der Waals surface area contributed by atoms with Gasteiger partial charge in [-0.15, -0.1) is 6.42 Å². The smallest absolute Gasteiger partial charge is 0.228 e. The normalized spacial score (nSPS) is 12.4. The Morgan fingerprint density at radius 1 is 1.41 bits per heavy atom. The molecule has 3 nitrogen and oxygen atoms in total. The molecule has 0 fully saturated rings. The molecule has 1 atom stereocenters. The van der Waals surface area contributed by atoms with Crippen LogP contribution < -0.4 is 4.74 Å². The summed E-state index contributed by atoms with van der Waals surface area (Å²) in [5, 5.41) is 0. The Labute approximate surface area is 171 Å². The Hall–Kier alpha value is -2.25. The molecule has 0 bridgehead atoms. The van der Waals surface area contributed by atoms with Crippen molar-refractivity contribution in [1.82, 2.24) is 9.88 Å². The number of halogens is 1. The molecule has 1 unspecified atom stereocenters. The number of terminal acetylenes is 1. The summed E-state index contributed by atoms with van der Waals surface area (Å²) in [6.07, 6.45) is 7.66. The van der Waals surface area contributed by atoms with Crippen LogP contribution in [0.2, 0.25) is 0 Å². The number of hydrogen-bond donors (Lipinski definition) is 0. The fourth-order valence-corrected chi connectivity index (χ4v) is 3.26. The van der Waals surface area contributed by atoms with Crippen molar-refractivity contribution < 1.29 is 4.74 Å². The molecule has 0 aliphatic heterocycles. The fourth-order valence-electron chi connectivity index (χ4n) is 2.81. The van der Waals surface area contributed by atoms with Gasteiger partial charge < -0.3 is 9.64 Å². The molecule has 0 aliphatic carbocycles. The molecule has 2 aromatic rings. The van der Waals surface area contributed by atoms with E-state index in [9.17, 15) is 0 Å². The molecule has 27 heavy (non-hydrogen) atoms. The zero-order chi connectivity index (χ0) is 20.0. The number of hydrogen-bond acceptors (Lipinski definition) is 3. The predicted octanol–water partition coefficient (Wildman–Crippen LogP) is 5.67. The van der Waals surface area contributed by atoms with Crippen LogP contribution in [-0.2, 0) is 6.61 Å². The van der Waals surface area contributed by atoms with Gasteiger partial charge in [0.2, 0.25) is 5.88 Å². The van der Waals surface area contributed by atoms with Crippen LogP contribution in [0.5, 0.6) is 5.88 Å². The van der Waals surface area contributed by atoms with E-state index in [0.717, 1.165) is 27.8 Å². The van der Waals surface area contributed by atoms with E-state index in [0.29, 0.717) is 12.5 Å². The van der Waals surface area contributed by atoms with Crippen molar-refractivity contribution in [1.29, 1.82) is 0 Å². The molecule has 0 saturated carbocycles. The van der Waals surface area contributed by atoms with E-state index >= 15 is 0 Å². The standard InChI is InChI=1S/C23H27BrN2O/c1-7-19-10-9-11-20(12-19)15-27-23-22(24)13-21(18(5)25-23)17(4)16(3)14-26(6)8-2/h1,9-14,17H,8,15H2,2-6H3. The van der Waals surface area contributed by atoms with Crippen molar-refractivity contribution in [3.8, 4) is 18.2 Å². The first-order valence-electron chi connectivity index (χ1n) is 9.09. The summed E-state index contributed by atoms with van der Waals surface area (Å²) >= 11 is 3.62. The Morgan fingerprint density at radius 3 is 2.81 bits per heavy atom. The maximum atomic E-state index is 5.93. The summed E-state index contributed by atoms with van der Waals surface area (Å²) in [6, 6.07) is 9.91. The monoisotopic (exact) mass is 426 g/mol. The van der Waals surface area contributed by atoms with Crippen LogP contribution in [-0.4, -0.2) is 23.5 Å². The van der Waals surface area contributed by atoms with E-state index in [1.165, 1.54) is 11.1 Å². The summed E-state index contributed by atoms with van der Waals surface area (Å²) in [4.78, 5) is 6.87. The van der Waals surface area contributed by atoms with Gasteiger partial charge in [0.1, 0.15) is 6.61 Å². The first kappa shape index (κ1) is 21.1. The highest BCUT2D eigenvalue weighted by Gasteiger charge is 2.16. The lowest BCUT2D eigenvalue weighted by Crippen LogP contribution is -2.12. The molecule has 0 saturated heterocycles. The first-order chi connectivity index (χ1) is 12.8. The van der Waals surface area contributed by atoms with Crippen LogP contribution in [0.4, 0.5) is 0 Å². The summed E-state index contributed by atoms with van der Waals surface area (Å²) < 4.78 is 6.79. The molecule has 0 N–H and O–H groups in total. The highest BCUT2D eigenvalue weighted by Crippen LogP contribution is 2.32. The molecule has 0 radical (unpaired) electrons. The Morgan fingerprint density at radius 2 is 2.15 bits per heavy atom. The lowest BCUT2D eigenvalue weighted by molar-refractivity contribution is 0.291. The summed E-state index contributed by atoms with van der Waals surface area (Å²) in [7, 11) is 2.09. The van der Waals surface area contributed by atoms with Crippen LogP contribution in [0.25, 0.3) is 0 Å². The molecule has 4 heteroatoms. The summed E-state index contributed by atoms with van der Waals surface area (Å²) in [5.74, 6) is 3.53. The maximum Gasteiger partial charge on any atom is 0.228 e. The molecular formula is C23H27BrN2O. The van der Waals surface area contributed by atoms with Crippen molar-refractivity contribution in [3.05, 3.63) is 69.0 Å². The molecule has 0 amide bonds. The van der Waals surface area contributed by atoms with Gasteiger partial charge in [-0.05, 0) is 72.2 Å². The highest BCUT2D eigenvalue weighted by molar-refractivity contribution is 9.10. The number of ether oxygens (including phenoxy) is 1. The van der Waals surface area contributed by atoms with E-state index in [2.05, 4.69) is 71.8 Å². The minimum atomic E-state index is 0.282. The third-order valence-corrected chi connectivity index (χ3v) is 5.28. The Kier molecular flexibility index (Phi) is 7.50. The van der Waals surface area contributed by atoms with Crippen LogP contribution in [0.3, 0.4) is 0 Å². The minimum absolute atomic E-state index is 0.282. The van der Waals surface area contributed by atoms with Crippen LogP contribution in [0, 0.1) is 19.3 Å². The Bertz CT molecular complexity index is 867. The van der Waals surface area contributed by atoms with Gasteiger partial charge in [-0.1, -0.05) is 30.6 Å². The van der Waals surface area contributed by atoms with Crippen LogP contribution in [0.15, 0.2) is 46.6 Å². The predicted molar refractivity (Wildman–Crippen MR) is 116 cm³/mol. The minimum Gasteiger partial charge on any atom is -0.472 e. The number of aryl methyl sites for hydroxylation is 1. The van der Waals surface area contributed by atoms with Crippen LogP contribution in [0.1, 0.15) is 49.1 Å². The van der Waals surface area contributed by atoms with Gasteiger partial charge in [0.05, 0.1) is 4.47 Å². The number of benzene rings is 1. The van der Waals surface area contributed by atoms with Gasteiger partial charge in [-0.25, -0.2) is 4.98 Å². The molecular weight excluding hydrogens is 400 g/mol. The molecule has 0 aliphatic rings. The van der Waals surface area contributed by atoms with E-state index in [1.54, 1.807) is 0 Å². The van der Waals surface area contributed by atoms with Crippen molar-refractivity contribution in [2.45, 2.75) is 40.2 Å². The van der Waals surface area contributed by atoms with Crippen LogP contribution >= 0.6 is 15.9 Å². The second kappa shape index (κ2) is 9.62. The molecule has 1 aromatic carbocycles. The first-order valence-corrected chi connectivity index (χ1v) is 9.89. The molecule has 1 aromatic heterocycles. The quantitative estimate of drug-likeness (QED) is 0.533. The maximum absolute atomic E-state index is 5.93. The third kappa shape index (κ3) is 5.61. The lowest BCUT2D eigenvalue weighted by atomic mass is 9.93. The largest absolute Gasteiger partial charge is 0.472 e. The number of aromatic nitrogens is 1. The molecule has 0 spiro atoms. The van der Waals surface area contributed by atoms with Gasteiger partial charge in [-0.3, -0.25) is 0 Å². The summed E-state index contributed by atoms with van der Waals surface area (Å²) in [5.41, 5.74) is 5.35. The van der Waals surface area contributed by atoms with Gasteiger partial charge in [0.25, 0.3) is 0 Å². The van der Waals surface area contributed by atoms with Crippen molar-refractivity contribution >= 4 is 15.9 Å². The zero-order valence-electron chi connectivity index (χ0n) is 16.7. The lowest BCUT2D eigenvalue weighted by Gasteiger charge is -2.20. The molecule has 2 rings (SSSR count). The van der Waals surface area contributed by atoms with E-state index in [-0.39, 0.29) is 5.92 Å². The topological polar surface area (TPSA) is 25.4 Å². The second-order valence-electron chi connectivity index (χ2n) is 6.75. The highest BCUT2D eigenvalue weighted by atomic mass is 79.9. The summed E-state index contributed by atoms with van der Waals surface area (Å²) in [6.45, 7) is 9.95. The van der Waals surface area contributed by atoms with Gasteiger partial charge in [-0.2, -0.15) is 0 Å². The van der Waals surface area contributed by atoms with E-state index in [4.69, 9.17) is 11.2 Å². The van der Waals surface area contributed by atoms with Crippen molar-refractivity contribution in [2.24, 2.45) is 0 Å². The van der Waals surface area contributed by atoms with Gasteiger partial charge in [0, 0.05) is 30.8 Å². The third-order valence-electron chi connectivity index (χ3n) is 4.72. The number of nitrogens with zero attached hydrogens (tertiary/aromatic N) is 2. The zero-order valence-corrected chi connectivity index (χ0v) is 18.3. The number of allylic oxidation sites excluding steroid dienone is 1. The van der Waals surface area contributed by atoms with E-state index in [1.807, 2.05) is 31.2 Å². The Balaban J connectivity index is 2.18. The average Bonchev–Trinajstić information content (AvgIpc) is 2.67. The van der Waals surface area contributed by atoms with Gasteiger partial charge in [0.15, 0.2) is 0 Å². The number of rotatable bonds is 7. The second-order valence-corrected chi connectivity index (χ2v) is 7.61. The van der Waals surface area contributed by atoms with Crippen molar-refractivity contribution in [3.63, 3.8) is 0 Å². The fraction of sp³-hybridized carbons (Fsp3) is 0.348. The van der Waals surface area contributed by atoms with Gasteiger partial charge >= 0.3 is 0 Å². The number of pyridine rings is 1. The average molecular weight is 427 g/mol. The SMILES string of the molecule is C#Cc1cccc(COc2nc(C)c(C(C)C(C)=CN(C)CC)cc2Br)c1. The van der Waals surface area contributed by atoms with E-state index < -0.39 is 0 Å².